The summed E-state index contributed by atoms with van der Waals surface area (Å²) >= 11 is 0. The number of pyridine rings is 1. The Kier molecular flexibility index (Phi) is 7.37. The highest BCUT2D eigenvalue weighted by Crippen LogP contribution is 2.40. The van der Waals surface area contributed by atoms with Crippen LogP contribution in [0.2, 0.25) is 0 Å². The third-order valence-corrected chi connectivity index (χ3v) is 5.48. The number of methoxy groups -OCH3 is 4. The minimum absolute atomic E-state index is 0.00905. The lowest BCUT2D eigenvalue weighted by Gasteiger charge is -2.18. The van der Waals surface area contributed by atoms with Crippen LogP contribution >= 0.6 is 0 Å². The first-order valence-electron chi connectivity index (χ1n) is 10.5. The van der Waals surface area contributed by atoms with E-state index in [0.29, 0.717) is 39.9 Å². The van der Waals surface area contributed by atoms with Gasteiger partial charge >= 0.3 is 11.9 Å². The second kappa shape index (κ2) is 10.2. The fraction of sp³-hybridized carbons (Fsp3) is 0.320. The van der Waals surface area contributed by atoms with E-state index in [4.69, 9.17) is 18.9 Å². The zero-order valence-corrected chi connectivity index (χ0v) is 19.4. The van der Waals surface area contributed by atoms with Gasteiger partial charge in [-0.05, 0) is 47.0 Å². The molecule has 174 valence electrons. The van der Waals surface area contributed by atoms with Crippen LogP contribution in [0.25, 0.3) is 21.9 Å². The van der Waals surface area contributed by atoms with Crippen LogP contribution in [0.4, 0.5) is 0 Å². The topological polar surface area (TPSA) is 93.1 Å². The molecule has 0 N–H and O–H groups in total. The van der Waals surface area contributed by atoms with Crippen LogP contribution in [0.5, 0.6) is 11.5 Å². The van der Waals surface area contributed by atoms with E-state index in [9.17, 15) is 14.4 Å². The number of benzene rings is 2. The van der Waals surface area contributed by atoms with Gasteiger partial charge in [-0.3, -0.25) is 4.79 Å². The van der Waals surface area contributed by atoms with E-state index < -0.39 is 11.9 Å². The van der Waals surface area contributed by atoms with Crippen LogP contribution in [0, 0.1) is 0 Å². The third kappa shape index (κ3) is 4.55. The number of nitrogens with zero attached hydrogens (tertiary/aromatic N) is 1. The molecule has 0 saturated heterocycles. The minimum atomic E-state index is -0.725. The number of esters is 2. The largest absolute Gasteiger partial charge is 0.493 e. The summed E-state index contributed by atoms with van der Waals surface area (Å²) < 4.78 is 22.4. The molecule has 0 aliphatic carbocycles. The Morgan fingerprint density at radius 1 is 0.909 bits per heavy atom. The zero-order valence-electron chi connectivity index (χ0n) is 19.4. The quantitative estimate of drug-likeness (QED) is 0.475. The molecule has 1 heterocycles. The van der Waals surface area contributed by atoms with E-state index in [-0.39, 0.29) is 16.7 Å². The van der Waals surface area contributed by atoms with Crippen LogP contribution in [0.3, 0.4) is 0 Å². The molecule has 0 spiro atoms. The van der Waals surface area contributed by atoms with Crippen LogP contribution in [0.1, 0.15) is 40.5 Å². The smallest absolute Gasteiger partial charge is 0.339 e. The predicted molar refractivity (Wildman–Crippen MR) is 124 cm³/mol. The van der Waals surface area contributed by atoms with Gasteiger partial charge in [0.2, 0.25) is 0 Å². The molecule has 8 heteroatoms. The molecule has 0 saturated carbocycles. The summed E-state index contributed by atoms with van der Waals surface area (Å²) in [5, 5.41) is 1.19. The summed E-state index contributed by atoms with van der Waals surface area (Å²) in [6.07, 6.45) is 3.50. The van der Waals surface area contributed by atoms with E-state index in [0.717, 1.165) is 12.8 Å². The van der Waals surface area contributed by atoms with Gasteiger partial charge in [0.05, 0.1) is 39.6 Å². The third-order valence-electron chi connectivity index (χ3n) is 5.48. The number of ether oxygens (including phenoxy) is 4. The highest BCUT2D eigenvalue weighted by atomic mass is 16.5. The van der Waals surface area contributed by atoms with Crippen molar-refractivity contribution >= 4 is 22.7 Å². The number of carbonyl (C=O) groups is 2. The summed E-state index contributed by atoms with van der Waals surface area (Å²) in [5.74, 6) is -0.543. The number of rotatable bonds is 8. The van der Waals surface area contributed by atoms with E-state index in [1.807, 2.05) is 6.92 Å². The SMILES string of the molecule is CCCCn1ccc(-c2c(C(=O)OC)c(C(=O)OC)cc3cc(OC)c(OC)cc23)cc1=O. The summed E-state index contributed by atoms with van der Waals surface area (Å²) in [6, 6.07) is 8.15. The molecule has 0 aliphatic rings. The van der Waals surface area contributed by atoms with Crippen molar-refractivity contribution in [1.29, 1.82) is 0 Å². The summed E-state index contributed by atoms with van der Waals surface area (Å²) in [7, 11) is 5.47. The standard InChI is InChI=1S/C25H27NO7/c1-6-7-9-26-10-8-15(13-21(26)27)22-17-14-20(31-3)19(30-2)12-16(17)11-18(24(28)32-4)23(22)25(29)33-5/h8,10-14H,6-7,9H2,1-5H3. The number of hydrogen-bond donors (Lipinski definition) is 0. The number of carbonyl (C=O) groups excluding carboxylic acids is 2. The van der Waals surface area contributed by atoms with Crippen LogP contribution in [-0.4, -0.2) is 44.9 Å². The maximum Gasteiger partial charge on any atom is 0.339 e. The second-order valence-electron chi connectivity index (χ2n) is 7.39. The van der Waals surface area contributed by atoms with Gasteiger partial charge in [-0.2, -0.15) is 0 Å². The average molecular weight is 453 g/mol. The van der Waals surface area contributed by atoms with Gasteiger partial charge < -0.3 is 23.5 Å². The molecule has 8 nitrogen and oxygen atoms in total. The summed E-state index contributed by atoms with van der Waals surface area (Å²) in [5.41, 5.74) is 0.662. The highest BCUT2D eigenvalue weighted by Gasteiger charge is 2.27. The van der Waals surface area contributed by atoms with Crippen LogP contribution in [-0.2, 0) is 16.0 Å². The van der Waals surface area contributed by atoms with Crippen molar-refractivity contribution in [3.05, 3.63) is 58.0 Å². The molecular formula is C25H27NO7. The molecular weight excluding hydrogens is 426 g/mol. The number of aryl methyl sites for hydroxylation is 1. The van der Waals surface area contributed by atoms with Gasteiger partial charge in [-0.25, -0.2) is 9.59 Å². The van der Waals surface area contributed by atoms with Gasteiger partial charge in [-0.15, -0.1) is 0 Å². The van der Waals surface area contributed by atoms with Crippen molar-refractivity contribution in [2.24, 2.45) is 0 Å². The molecule has 2 aromatic carbocycles. The van der Waals surface area contributed by atoms with Crippen LogP contribution < -0.4 is 15.0 Å². The summed E-state index contributed by atoms with van der Waals surface area (Å²) in [4.78, 5) is 38.4. The maximum atomic E-state index is 12.9. The Morgan fingerprint density at radius 2 is 1.58 bits per heavy atom. The molecule has 3 rings (SSSR count). The summed E-state index contributed by atoms with van der Waals surface area (Å²) in [6.45, 7) is 2.64. The fourth-order valence-corrected chi connectivity index (χ4v) is 3.79. The molecule has 0 bridgehead atoms. The van der Waals surface area contributed by atoms with Crippen molar-refractivity contribution in [3.63, 3.8) is 0 Å². The van der Waals surface area contributed by atoms with Crippen LogP contribution in [0.15, 0.2) is 41.3 Å². The second-order valence-corrected chi connectivity index (χ2v) is 7.39. The van der Waals surface area contributed by atoms with E-state index in [1.165, 1.54) is 34.5 Å². The predicted octanol–water partition coefficient (Wildman–Crippen LogP) is 4.06. The lowest BCUT2D eigenvalue weighted by atomic mass is 9.89. The van der Waals surface area contributed by atoms with Crippen molar-refractivity contribution in [2.75, 3.05) is 28.4 Å². The van der Waals surface area contributed by atoms with Crippen molar-refractivity contribution in [3.8, 4) is 22.6 Å². The van der Waals surface area contributed by atoms with Crippen molar-refractivity contribution in [2.45, 2.75) is 26.3 Å². The van der Waals surface area contributed by atoms with Crippen molar-refractivity contribution < 1.29 is 28.5 Å². The number of hydrogen-bond acceptors (Lipinski definition) is 7. The van der Waals surface area contributed by atoms with Gasteiger partial charge in [-0.1, -0.05) is 13.3 Å². The number of fused-ring (bicyclic) bond motifs is 1. The molecule has 0 amide bonds. The number of aromatic nitrogens is 1. The molecule has 0 atom stereocenters. The Labute approximate surface area is 191 Å². The molecule has 33 heavy (non-hydrogen) atoms. The normalized spacial score (nSPS) is 10.7. The lowest BCUT2D eigenvalue weighted by Crippen LogP contribution is -2.19. The molecule has 0 unspecified atom stereocenters. The Morgan fingerprint density at radius 3 is 2.15 bits per heavy atom. The molecule has 0 aliphatic heterocycles. The van der Waals surface area contributed by atoms with Gasteiger partial charge in [0.25, 0.3) is 5.56 Å². The lowest BCUT2D eigenvalue weighted by molar-refractivity contribution is 0.0556. The Bertz CT molecular complexity index is 1260. The molecule has 0 radical (unpaired) electrons. The van der Waals surface area contributed by atoms with Gasteiger partial charge in [0.1, 0.15) is 0 Å². The zero-order chi connectivity index (χ0) is 24.1. The fourth-order valence-electron chi connectivity index (χ4n) is 3.79. The maximum absolute atomic E-state index is 12.9. The molecule has 1 aromatic heterocycles. The molecule has 0 fully saturated rings. The van der Waals surface area contributed by atoms with E-state index in [2.05, 4.69) is 0 Å². The molecule has 3 aromatic rings. The Hall–Kier alpha value is -3.81. The Balaban J connectivity index is 2.46. The van der Waals surface area contributed by atoms with Gasteiger partial charge in [0.15, 0.2) is 11.5 Å². The average Bonchev–Trinajstić information content (AvgIpc) is 2.84. The van der Waals surface area contributed by atoms with E-state index in [1.54, 1.807) is 35.0 Å². The monoisotopic (exact) mass is 453 g/mol. The first-order chi connectivity index (χ1) is 15.9. The van der Waals surface area contributed by atoms with Crippen molar-refractivity contribution in [1.82, 2.24) is 4.57 Å². The number of unbranched alkanes of at least 4 members (excludes halogenated alkanes) is 1. The first kappa shape index (κ1) is 23.8. The highest BCUT2D eigenvalue weighted by molar-refractivity contribution is 6.15. The minimum Gasteiger partial charge on any atom is -0.493 e. The van der Waals surface area contributed by atoms with E-state index >= 15 is 0 Å². The first-order valence-corrected chi connectivity index (χ1v) is 10.5. The van der Waals surface area contributed by atoms with Gasteiger partial charge in [0, 0.05) is 24.4 Å².